The van der Waals surface area contributed by atoms with E-state index in [0.717, 1.165) is 12.8 Å². The van der Waals surface area contributed by atoms with Crippen molar-refractivity contribution >= 4 is 35.4 Å². The molecule has 1 aliphatic carbocycles. The predicted molar refractivity (Wildman–Crippen MR) is 90.7 cm³/mol. The van der Waals surface area contributed by atoms with Crippen molar-refractivity contribution in [3.63, 3.8) is 0 Å². The number of H-pyrrole nitrogens is 1. The summed E-state index contributed by atoms with van der Waals surface area (Å²) in [4.78, 5) is 36.9. The molecule has 10 heteroatoms. The maximum Gasteiger partial charge on any atom is 0.344 e. The third-order valence-electron chi connectivity index (χ3n) is 3.57. The molecule has 24 heavy (non-hydrogen) atoms. The van der Waals surface area contributed by atoms with Gasteiger partial charge >= 0.3 is 11.7 Å². The summed E-state index contributed by atoms with van der Waals surface area (Å²) in [6.07, 6.45) is 3.36. The third-order valence-corrected chi connectivity index (χ3v) is 5.53. The molecule has 2 heterocycles. The van der Waals surface area contributed by atoms with Crippen LogP contribution in [-0.2, 0) is 14.3 Å². The maximum absolute atomic E-state index is 12.0. The van der Waals surface area contributed by atoms with Crippen LogP contribution in [0.5, 0.6) is 0 Å². The van der Waals surface area contributed by atoms with E-state index in [2.05, 4.69) is 10.2 Å². The van der Waals surface area contributed by atoms with Crippen LogP contribution in [0, 0.1) is 0 Å². The van der Waals surface area contributed by atoms with Gasteiger partial charge in [-0.1, -0.05) is 23.5 Å². The molecule has 0 atom stereocenters. The summed E-state index contributed by atoms with van der Waals surface area (Å²) < 4.78 is 6.57. The second-order valence-electron chi connectivity index (χ2n) is 5.33. The Bertz CT molecular complexity index is 723. The van der Waals surface area contributed by atoms with Crippen molar-refractivity contribution in [2.24, 2.45) is 0 Å². The second-order valence-corrected chi connectivity index (χ2v) is 7.39. The molecule has 0 bridgehead atoms. The Morgan fingerprint density at radius 1 is 1.50 bits per heavy atom. The first-order chi connectivity index (χ1) is 11.6. The number of rotatable bonds is 7. The van der Waals surface area contributed by atoms with Gasteiger partial charge in [0.25, 0.3) is 0 Å². The fourth-order valence-corrected chi connectivity index (χ4v) is 4.22. The molecule has 2 aliphatic rings. The van der Waals surface area contributed by atoms with E-state index in [1.54, 1.807) is 16.4 Å². The number of aromatic nitrogens is 3. The molecule has 1 aliphatic heterocycles. The minimum Gasteiger partial charge on any atom is -0.463 e. The van der Waals surface area contributed by atoms with Gasteiger partial charge in [0.05, 0.1) is 23.5 Å². The lowest BCUT2D eigenvalue weighted by atomic mass is 10.5. The number of hydrogen-bond donors (Lipinski definition) is 1. The summed E-state index contributed by atoms with van der Waals surface area (Å²) in [6, 6.07) is 0.252. The van der Waals surface area contributed by atoms with Gasteiger partial charge in [-0.15, -0.1) is 5.10 Å². The molecular weight excluding hydrogens is 352 g/mol. The zero-order chi connectivity index (χ0) is 17.1. The molecule has 1 saturated carbocycles. The third kappa shape index (κ3) is 3.86. The average molecular weight is 370 g/mol. The van der Waals surface area contributed by atoms with Crippen LogP contribution < -0.4 is 5.69 Å². The average Bonchev–Trinajstić information content (AvgIpc) is 3.23. The number of esters is 1. The van der Waals surface area contributed by atoms with Gasteiger partial charge in [-0.05, 0) is 19.8 Å². The zero-order valence-electron chi connectivity index (χ0n) is 13.2. The van der Waals surface area contributed by atoms with Gasteiger partial charge in [-0.3, -0.25) is 9.36 Å². The molecule has 0 aromatic carbocycles. The van der Waals surface area contributed by atoms with Crippen LogP contribution >= 0.6 is 23.5 Å². The number of carbonyl (C=O) groups is 2. The Balaban J connectivity index is 1.59. The Kier molecular flexibility index (Phi) is 5.34. The van der Waals surface area contributed by atoms with Crippen molar-refractivity contribution in [1.82, 2.24) is 19.7 Å². The number of hydrogen-bond acceptors (Lipinski definition) is 7. The first-order valence-corrected chi connectivity index (χ1v) is 9.68. The topological polar surface area (TPSA) is 97.3 Å². The number of carbonyl (C=O) groups excluding carboxylic acids is 2. The maximum atomic E-state index is 12.0. The number of amides is 1. The summed E-state index contributed by atoms with van der Waals surface area (Å²) in [5, 5.41) is 7.78. The molecule has 3 rings (SSSR count). The zero-order valence-corrected chi connectivity index (χ0v) is 14.8. The summed E-state index contributed by atoms with van der Waals surface area (Å²) in [6.45, 7) is 2.49. The Labute approximate surface area is 147 Å². The van der Waals surface area contributed by atoms with Crippen LogP contribution in [0.2, 0.25) is 0 Å². The van der Waals surface area contributed by atoms with E-state index in [1.807, 2.05) is 0 Å². The Hall–Kier alpha value is -1.68. The molecule has 0 spiro atoms. The fourth-order valence-electron chi connectivity index (χ4n) is 2.33. The highest BCUT2D eigenvalue weighted by Crippen LogP contribution is 2.36. The standard InChI is InChI=1S/C14H18N4O4S2/c1-2-22-12(20)7-11-17(10(19)8-24-11)5-6-23-14-16-15-13(21)18(14)9-3-4-9/h7,9H,2-6,8H2,1H3,(H,15,21)/b11-7+. The van der Waals surface area contributed by atoms with Gasteiger partial charge in [-0.2, -0.15) is 0 Å². The lowest BCUT2D eigenvalue weighted by Gasteiger charge is -2.16. The highest BCUT2D eigenvalue weighted by molar-refractivity contribution is 8.04. The number of aromatic amines is 1. The summed E-state index contributed by atoms with van der Waals surface area (Å²) in [5.41, 5.74) is -0.185. The van der Waals surface area contributed by atoms with Crippen molar-refractivity contribution in [2.75, 3.05) is 24.7 Å². The lowest BCUT2D eigenvalue weighted by molar-refractivity contribution is -0.137. The predicted octanol–water partition coefficient (Wildman–Crippen LogP) is 0.978. The van der Waals surface area contributed by atoms with Gasteiger partial charge in [-0.25, -0.2) is 14.7 Å². The van der Waals surface area contributed by atoms with Crippen molar-refractivity contribution in [3.8, 4) is 0 Å². The van der Waals surface area contributed by atoms with Crippen molar-refractivity contribution < 1.29 is 14.3 Å². The molecule has 0 radical (unpaired) electrons. The highest BCUT2D eigenvalue weighted by atomic mass is 32.2. The van der Waals surface area contributed by atoms with Crippen LogP contribution in [0.4, 0.5) is 0 Å². The molecule has 1 saturated heterocycles. The minimum absolute atomic E-state index is 0.0299. The summed E-state index contributed by atoms with van der Waals surface area (Å²) in [5.74, 6) is 0.439. The largest absolute Gasteiger partial charge is 0.463 e. The van der Waals surface area contributed by atoms with E-state index >= 15 is 0 Å². The highest BCUT2D eigenvalue weighted by Gasteiger charge is 2.30. The molecule has 0 unspecified atom stereocenters. The van der Waals surface area contributed by atoms with Crippen LogP contribution in [0.3, 0.4) is 0 Å². The Morgan fingerprint density at radius 2 is 2.29 bits per heavy atom. The van der Waals surface area contributed by atoms with Gasteiger partial charge < -0.3 is 9.64 Å². The van der Waals surface area contributed by atoms with Crippen LogP contribution in [-0.4, -0.2) is 56.2 Å². The van der Waals surface area contributed by atoms with Crippen LogP contribution in [0.15, 0.2) is 21.1 Å². The summed E-state index contributed by atoms with van der Waals surface area (Å²) >= 11 is 2.76. The molecule has 1 N–H and O–H groups in total. The monoisotopic (exact) mass is 370 g/mol. The normalized spacial score (nSPS) is 19.3. The van der Waals surface area contributed by atoms with E-state index in [1.165, 1.54) is 29.6 Å². The number of nitrogens with zero attached hydrogens (tertiary/aromatic N) is 3. The van der Waals surface area contributed by atoms with Crippen LogP contribution in [0.25, 0.3) is 0 Å². The SMILES string of the molecule is CCOC(=O)/C=C1/SCC(=O)N1CCSc1n[nH]c(=O)n1C1CC1. The summed E-state index contributed by atoms with van der Waals surface area (Å²) in [7, 11) is 0. The van der Waals surface area contributed by atoms with Gasteiger partial charge in [0.2, 0.25) is 5.91 Å². The van der Waals surface area contributed by atoms with Gasteiger partial charge in [0.15, 0.2) is 5.16 Å². The number of thioether (sulfide) groups is 2. The smallest absolute Gasteiger partial charge is 0.344 e. The van der Waals surface area contributed by atoms with E-state index in [9.17, 15) is 14.4 Å². The van der Waals surface area contributed by atoms with E-state index in [-0.39, 0.29) is 17.6 Å². The minimum atomic E-state index is -0.442. The fraction of sp³-hybridized carbons (Fsp3) is 0.571. The molecule has 1 amide bonds. The van der Waals surface area contributed by atoms with E-state index in [4.69, 9.17) is 4.74 Å². The number of ether oxygens (including phenoxy) is 1. The van der Waals surface area contributed by atoms with E-state index < -0.39 is 5.97 Å². The molecule has 1 aromatic rings. The second kappa shape index (κ2) is 7.47. The van der Waals surface area contributed by atoms with Crippen molar-refractivity contribution in [1.29, 1.82) is 0 Å². The lowest BCUT2D eigenvalue weighted by Crippen LogP contribution is -2.27. The molecule has 2 fully saturated rings. The van der Waals surface area contributed by atoms with Gasteiger partial charge in [0, 0.05) is 18.3 Å². The van der Waals surface area contributed by atoms with Crippen molar-refractivity contribution in [2.45, 2.75) is 31.0 Å². The first kappa shape index (κ1) is 17.2. The quantitative estimate of drug-likeness (QED) is 0.434. The van der Waals surface area contributed by atoms with Crippen LogP contribution in [0.1, 0.15) is 25.8 Å². The van der Waals surface area contributed by atoms with E-state index in [0.29, 0.717) is 34.8 Å². The molecule has 130 valence electrons. The number of nitrogens with one attached hydrogen (secondary N) is 1. The molecular formula is C14H18N4O4S2. The Morgan fingerprint density at radius 3 is 3.00 bits per heavy atom. The molecule has 1 aromatic heterocycles. The van der Waals surface area contributed by atoms with Crippen molar-refractivity contribution in [3.05, 3.63) is 21.6 Å². The van der Waals surface area contributed by atoms with Gasteiger partial charge in [0.1, 0.15) is 0 Å². The first-order valence-electron chi connectivity index (χ1n) is 7.71. The molecule has 8 nitrogen and oxygen atoms in total.